The van der Waals surface area contributed by atoms with Crippen LogP contribution in [-0.4, -0.2) is 17.3 Å². The van der Waals surface area contributed by atoms with E-state index >= 15 is 0 Å². The number of benzene rings is 1. The maximum Gasteiger partial charge on any atom is 0.126 e. The van der Waals surface area contributed by atoms with E-state index in [9.17, 15) is 0 Å². The predicted octanol–water partition coefficient (Wildman–Crippen LogP) is 1.42. The molecule has 1 aromatic carbocycles. The summed E-state index contributed by atoms with van der Waals surface area (Å²) >= 11 is 0. The molecule has 0 heterocycles. The van der Waals surface area contributed by atoms with Gasteiger partial charge in [-0.25, -0.2) is 0 Å². The van der Waals surface area contributed by atoms with Crippen molar-refractivity contribution >= 4 is 5.69 Å². The Morgan fingerprint density at radius 2 is 1.85 bits per heavy atom. The summed E-state index contributed by atoms with van der Waals surface area (Å²) in [6, 6.07) is 7.10. The zero-order valence-electron chi connectivity index (χ0n) is 7.95. The molecular weight excluding hydrogens is 166 g/mol. The smallest absolute Gasteiger partial charge is 0.126 e. The van der Waals surface area contributed by atoms with E-state index in [4.69, 9.17) is 15.6 Å². The van der Waals surface area contributed by atoms with E-state index < -0.39 is 5.60 Å². The molecule has 0 aliphatic heterocycles. The fourth-order valence-corrected chi connectivity index (χ4v) is 0.887. The molecule has 0 aliphatic rings. The number of rotatable bonds is 3. The van der Waals surface area contributed by atoms with Crippen molar-refractivity contribution < 1.29 is 9.84 Å². The van der Waals surface area contributed by atoms with Gasteiger partial charge < -0.3 is 15.6 Å². The summed E-state index contributed by atoms with van der Waals surface area (Å²) in [6.45, 7) is 3.63. The molecule has 0 saturated heterocycles. The molecule has 1 rings (SSSR count). The van der Waals surface area contributed by atoms with Crippen LogP contribution in [0.1, 0.15) is 13.8 Å². The van der Waals surface area contributed by atoms with Crippen LogP contribution in [0.3, 0.4) is 0 Å². The van der Waals surface area contributed by atoms with Crippen molar-refractivity contribution in [2.24, 2.45) is 0 Å². The van der Waals surface area contributed by atoms with E-state index in [0.717, 1.165) is 0 Å². The highest BCUT2D eigenvalue weighted by Gasteiger charge is 2.17. The molecule has 3 nitrogen and oxygen atoms in total. The van der Waals surface area contributed by atoms with Crippen molar-refractivity contribution in [1.82, 2.24) is 0 Å². The van der Waals surface area contributed by atoms with Crippen molar-refractivity contribution in [1.29, 1.82) is 0 Å². The Bertz CT molecular complexity index is 267. The second-order valence-electron chi connectivity index (χ2n) is 3.59. The minimum absolute atomic E-state index is 0.0165. The van der Waals surface area contributed by atoms with Gasteiger partial charge in [-0.05, 0) is 38.1 Å². The zero-order valence-corrected chi connectivity index (χ0v) is 7.95. The number of nitrogen functional groups attached to an aromatic ring is 1. The molecule has 0 radical (unpaired) electrons. The second kappa shape index (κ2) is 3.66. The van der Waals surface area contributed by atoms with Crippen LogP contribution in [0.5, 0.6) is 5.75 Å². The van der Waals surface area contributed by atoms with Gasteiger partial charge in [0.25, 0.3) is 0 Å². The summed E-state index contributed by atoms with van der Waals surface area (Å²) in [5.41, 5.74) is 5.68. The average molecular weight is 181 g/mol. The Labute approximate surface area is 78.1 Å². The third-order valence-corrected chi connectivity index (χ3v) is 1.66. The first-order chi connectivity index (χ1) is 6.03. The van der Waals surface area contributed by atoms with Gasteiger partial charge in [0, 0.05) is 5.69 Å². The molecule has 3 N–H and O–H groups in total. The molecular formula is C10H15NO2. The summed E-state index contributed by atoms with van der Waals surface area (Å²) < 4.78 is 5.50. The molecule has 0 saturated carbocycles. The lowest BCUT2D eigenvalue weighted by molar-refractivity contribution is 0.0413. The van der Waals surface area contributed by atoms with Crippen molar-refractivity contribution in [3.63, 3.8) is 0 Å². The van der Waals surface area contributed by atoms with Crippen LogP contribution in [0, 0.1) is 0 Å². The van der Waals surface area contributed by atoms with Gasteiger partial charge in [0.1, 0.15) is 11.4 Å². The molecule has 3 heteroatoms. The summed E-state index contributed by atoms with van der Waals surface area (Å²) in [5.74, 6) is 0.716. The average Bonchev–Trinajstić information content (AvgIpc) is 2.09. The van der Waals surface area contributed by atoms with E-state index in [2.05, 4.69) is 0 Å². The van der Waals surface area contributed by atoms with Gasteiger partial charge >= 0.3 is 0 Å². The third-order valence-electron chi connectivity index (χ3n) is 1.66. The Kier molecular flexibility index (Phi) is 2.78. The number of hydrogen-bond donors (Lipinski definition) is 2. The van der Waals surface area contributed by atoms with Crippen LogP contribution in [0.4, 0.5) is 5.69 Å². The first-order valence-corrected chi connectivity index (χ1v) is 4.19. The Hall–Kier alpha value is -1.22. The van der Waals surface area contributed by atoms with E-state index in [0.29, 0.717) is 11.4 Å². The number of hydrogen-bond acceptors (Lipinski definition) is 3. The standard InChI is InChI=1S/C10H15NO2/c1-10(2,7-12)13-9-5-3-8(11)4-6-9/h3-6,12H,7,11H2,1-2H3. The first kappa shape index (κ1) is 9.86. The molecule has 13 heavy (non-hydrogen) atoms. The molecule has 1 aromatic rings. The van der Waals surface area contributed by atoms with Crippen molar-refractivity contribution in [3.05, 3.63) is 24.3 Å². The summed E-state index contributed by atoms with van der Waals surface area (Å²) in [5, 5.41) is 8.96. The number of ether oxygens (including phenoxy) is 1. The Morgan fingerprint density at radius 1 is 1.31 bits per heavy atom. The first-order valence-electron chi connectivity index (χ1n) is 4.19. The highest BCUT2D eigenvalue weighted by molar-refractivity contribution is 5.41. The van der Waals surface area contributed by atoms with Gasteiger partial charge in [-0.1, -0.05) is 0 Å². The molecule has 0 aromatic heterocycles. The van der Waals surface area contributed by atoms with Gasteiger partial charge in [-0.2, -0.15) is 0 Å². The Balaban J connectivity index is 2.69. The largest absolute Gasteiger partial charge is 0.485 e. The van der Waals surface area contributed by atoms with Crippen molar-refractivity contribution in [3.8, 4) is 5.75 Å². The number of aliphatic hydroxyl groups is 1. The van der Waals surface area contributed by atoms with Crippen molar-refractivity contribution in [2.45, 2.75) is 19.4 Å². The quantitative estimate of drug-likeness (QED) is 0.693. The highest BCUT2D eigenvalue weighted by Crippen LogP contribution is 2.18. The van der Waals surface area contributed by atoms with Crippen LogP contribution in [0.15, 0.2) is 24.3 Å². The van der Waals surface area contributed by atoms with E-state index in [-0.39, 0.29) is 6.61 Å². The second-order valence-corrected chi connectivity index (χ2v) is 3.59. The highest BCUT2D eigenvalue weighted by atomic mass is 16.5. The van der Waals surface area contributed by atoms with Crippen LogP contribution in [0.25, 0.3) is 0 Å². The predicted molar refractivity (Wildman–Crippen MR) is 52.6 cm³/mol. The van der Waals surface area contributed by atoms with Crippen LogP contribution < -0.4 is 10.5 Å². The topological polar surface area (TPSA) is 55.5 Å². The van der Waals surface area contributed by atoms with E-state index in [1.54, 1.807) is 24.3 Å². The fourth-order valence-electron chi connectivity index (χ4n) is 0.887. The lowest BCUT2D eigenvalue weighted by Crippen LogP contribution is -2.32. The maximum absolute atomic E-state index is 8.96. The SMILES string of the molecule is CC(C)(CO)Oc1ccc(N)cc1. The molecule has 0 bridgehead atoms. The minimum atomic E-state index is -0.546. The molecule has 0 aliphatic carbocycles. The molecule has 0 unspecified atom stereocenters. The van der Waals surface area contributed by atoms with Crippen molar-refractivity contribution in [2.75, 3.05) is 12.3 Å². The molecule has 72 valence electrons. The van der Waals surface area contributed by atoms with Crippen LogP contribution >= 0.6 is 0 Å². The molecule has 0 fully saturated rings. The number of anilines is 1. The van der Waals surface area contributed by atoms with Crippen LogP contribution in [-0.2, 0) is 0 Å². The van der Waals surface area contributed by atoms with E-state index in [1.807, 2.05) is 13.8 Å². The molecule has 0 amide bonds. The third kappa shape index (κ3) is 2.95. The molecule has 0 atom stereocenters. The van der Waals surface area contributed by atoms with Gasteiger partial charge in [-0.15, -0.1) is 0 Å². The summed E-state index contributed by atoms with van der Waals surface area (Å²) in [7, 11) is 0. The van der Waals surface area contributed by atoms with E-state index in [1.165, 1.54) is 0 Å². The number of nitrogens with two attached hydrogens (primary N) is 1. The summed E-state index contributed by atoms with van der Waals surface area (Å²) in [4.78, 5) is 0. The monoisotopic (exact) mass is 181 g/mol. The zero-order chi connectivity index (χ0) is 9.90. The molecule has 0 spiro atoms. The lowest BCUT2D eigenvalue weighted by atomic mass is 10.1. The summed E-state index contributed by atoms with van der Waals surface area (Å²) in [6.07, 6.45) is 0. The number of aliphatic hydroxyl groups excluding tert-OH is 1. The van der Waals surface area contributed by atoms with Gasteiger partial charge in [-0.3, -0.25) is 0 Å². The Morgan fingerprint density at radius 3 is 2.31 bits per heavy atom. The normalized spacial score (nSPS) is 11.3. The lowest BCUT2D eigenvalue weighted by Gasteiger charge is -2.23. The maximum atomic E-state index is 8.96. The van der Waals surface area contributed by atoms with Gasteiger partial charge in [0.15, 0.2) is 0 Å². The van der Waals surface area contributed by atoms with Gasteiger partial charge in [0.2, 0.25) is 0 Å². The van der Waals surface area contributed by atoms with Crippen LogP contribution in [0.2, 0.25) is 0 Å². The minimum Gasteiger partial charge on any atom is -0.485 e. The van der Waals surface area contributed by atoms with Gasteiger partial charge in [0.05, 0.1) is 6.61 Å². The fraction of sp³-hybridized carbons (Fsp3) is 0.400.